The van der Waals surface area contributed by atoms with E-state index in [1.54, 1.807) is 12.1 Å². The number of carboxylic acids is 1. The minimum atomic E-state index is -1.06. The molecule has 2 N–H and O–H groups in total. The van der Waals surface area contributed by atoms with Crippen molar-refractivity contribution in [3.8, 4) is 0 Å². The van der Waals surface area contributed by atoms with E-state index in [1.165, 1.54) is 0 Å². The molecule has 0 spiro atoms. The van der Waals surface area contributed by atoms with Crippen LogP contribution in [0.2, 0.25) is 5.02 Å². The lowest BCUT2D eigenvalue weighted by Crippen LogP contribution is -2.42. The number of amides is 1. The van der Waals surface area contributed by atoms with Gasteiger partial charge in [0.15, 0.2) is 0 Å². The molecule has 1 fully saturated rings. The first-order valence-electron chi connectivity index (χ1n) is 5.36. The number of piperidine rings is 1. The van der Waals surface area contributed by atoms with Gasteiger partial charge in [0, 0.05) is 5.02 Å². The zero-order valence-electron chi connectivity index (χ0n) is 9.02. The zero-order chi connectivity index (χ0) is 12.4. The first kappa shape index (κ1) is 11.9. The lowest BCUT2D eigenvalue weighted by atomic mass is 9.90. The van der Waals surface area contributed by atoms with E-state index in [2.05, 4.69) is 5.32 Å². The van der Waals surface area contributed by atoms with Crippen LogP contribution in [-0.2, 0) is 9.59 Å². The monoisotopic (exact) mass is 253 g/mol. The molecule has 1 aliphatic rings. The number of carbonyl (C=O) groups is 2. The van der Waals surface area contributed by atoms with E-state index in [0.717, 1.165) is 5.56 Å². The van der Waals surface area contributed by atoms with Gasteiger partial charge in [-0.05, 0) is 30.5 Å². The van der Waals surface area contributed by atoms with Crippen LogP contribution in [0.5, 0.6) is 0 Å². The fourth-order valence-corrected chi connectivity index (χ4v) is 2.12. The van der Waals surface area contributed by atoms with Crippen molar-refractivity contribution in [3.63, 3.8) is 0 Å². The molecule has 2 atom stereocenters. The third-order valence-corrected chi connectivity index (χ3v) is 3.20. The molecular formula is C12H12ClNO3. The molecule has 1 heterocycles. The van der Waals surface area contributed by atoms with Crippen LogP contribution in [0.15, 0.2) is 24.3 Å². The highest BCUT2D eigenvalue weighted by molar-refractivity contribution is 6.30. The Bertz CT molecular complexity index is 444. The molecule has 17 heavy (non-hydrogen) atoms. The Balaban J connectivity index is 2.09. The molecule has 0 radical (unpaired) electrons. The van der Waals surface area contributed by atoms with Crippen LogP contribution in [0, 0.1) is 5.92 Å². The van der Waals surface area contributed by atoms with Crippen molar-refractivity contribution in [1.29, 1.82) is 0 Å². The smallest absolute Gasteiger partial charge is 0.316 e. The van der Waals surface area contributed by atoms with E-state index in [0.29, 0.717) is 17.9 Å². The molecule has 1 aromatic carbocycles. The lowest BCUT2D eigenvalue weighted by molar-refractivity contribution is -0.148. The van der Waals surface area contributed by atoms with Gasteiger partial charge in [-0.15, -0.1) is 0 Å². The van der Waals surface area contributed by atoms with Gasteiger partial charge < -0.3 is 10.4 Å². The molecular weight excluding hydrogens is 242 g/mol. The van der Waals surface area contributed by atoms with E-state index in [4.69, 9.17) is 16.7 Å². The number of halogens is 1. The summed E-state index contributed by atoms with van der Waals surface area (Å²) in [5.41, 5.74) is 0.951. The average Bonchev–Trinajstić information content (AvgIpc) is 2.29. The summed E-state index contributed by atoms with van der Waals surface area (Å²) in [6.45, 7) is 0. The molecule has 0 aromatic heterocycles. The van der Waals surface area contributed by atoms with Gasteiger partial charge in [0.2, 0.25) is 5.91 Å². The molecule has 4 nitrogen and oxygen atoms in total. The Morgan fingerprint density at radius 2 is 1.94 bits per heavy atom. The fraction of sp³-hybridized carbons (Fsp3) is 0.333. The summed E-state index contributed by atoms with van der Waals surface area (Å²) in [6.07, 6.45) is 0.999. The lowest BCUT2D eigenvalue weighted by Gasteiger charge is -2.27. The van der Waals surface area contributed by atoms with Crippen molar-refractivity contribution in [3.05, 3.63) is 34.9 Å². The zero-order valence-corrected chi connectivity index (χ0v) is 9.78. The van der Waals surface area contributed by atoms with Crippen LogP contribution < -0.4 is 5.32 Å². The molecule has 5 heteroatoms. The number of rotatable bonds is 2. The third kappa shape index (κ3) is 2.58. The number of aliphatic carboxylic acids is 1. The Kier molecular flexibility index (Phi) is 3.33. The van der Waals surface area contributed by atoms with Crippen molar-refractivity contribution in [2.45, 2.75) is 18.9 Å². The van der Waals surface area contributed by atoms with Gasteiger partial charge >= 0.3 is 5.97 Å². The van der Waals surface area contributed by atoms with Crippen LogP contribution in [0.4, 0.5) is 0 Å². The average molecular weight is 254 g/mol. The van der Waals surface area contributed by atoms with Gasteiger partial charge in [0.05, 0.1) is 6.04 Å². The number of carbonyl (C=O) groups excluding carboxylic acids is 1. The van der Waals surface area contributed by atoms with Gasteiger partial charge in [-0.2, -0.15) is 0 Å². The molecule has 90 valence electrons. The maximum atomic E-state index is 11.6. The first-order chi connectivity index (χ1) is 8.08. The van der Waals surface area contributed by atoms with Crippen LogP contribution >= 0.6 is 11.6 Å². The highest BCUT2D eigenvalue weighted by Crippen LogP contribution is 2.27. The topological polar surface area (TPSA) is 66.4 Å². The van der Waals surface area contributed by atoms with Crippen LogP contribution in [0.3, 0.4) is 0 Å². The van der Waals surface area contributed by atoms with Crippen molar-refractivity contribution in [2.75, 3.05) is 0 Å². The molecule has 0 bridgehead atoms. The molecule has 1 aromatic rings. The van der Waals surface area contributed by atoms with Crippen LogP contribution in [-0.4, -0.2) is 17.0 Å². The van der Waals surface area contributed by atoms with Crippen molar-refractivity contribution in [1.82, 2.24) is 5.32 Å². The van der Waals surface area contributed by atoms with Crippen LogP contribution in [0.25, 0.3) is 0 Å². The fourth-order valence-electron chi connectivity index (χ4n) is 1.99. The minimum absolute atomic E-state index is 0.115. The van der Waals surface area contributed by atoms with Gasteiger partial charge in [0.25, 0.3) is 0 Å². The number of carboxylic acid groups (broad SMARTS) is 1. The molecule has 2 rings (SSSR count). The van der Waals surface area contributed by atoms with E-state index in [9.17, 15) is 9.59 Å². The molecule has 0 saturated carbocycles. The summed E-state index contributed by atoms with van der Waals surface area (Å²) in [7, 11) is 0. The first-order valence-corrected chi connectivity index (χ1v) is 5.74. The second-order valence-electron chi connectivity index (χ2n) is 4.08. The molecule has 1 aliphatic heterocycles. The molecule has 1 saturated heterocycles. The number of hydrogen-bond donors (Lipinski definition) is 2. The van der Waals surface area contributed by atoms with Crippen molar-refractivity contribution >= 4 is 23.5 Å². The van der Waals surface area contributed by atoms with Crippen molar-refractivity contribution in [2.24, 2.45) is 5.92 Å². The highest BCUT2D eigenvalue weighted by Gasteiger charge is 2.33. The summed E-state index contributed by atoms with van der Waals surface area (Å²) in [4.78, 5) is 22.3. The largest absolute Gasteiger partial charge is 0.481 e. The summed E-state index contributed by atoms with van der Waals surface area (Å²) in [5, 5.41) is 12.2. The second-order valence-corrected chi connectivity index (χ2v) is 4.52. The Morgan fingerprint density at radius 1 is 1.29 bits per heavy atom. The van der Waals surface area contributed by atoms with Gasteiger partial charge in [-0.1, -0.05) is 23.7 Å². The molecule has 0 aliphatic carbocycles. The molecule has 1 amide bonds. The number of hydrogen-bond acceptors (Lipinski definition) is 2. The van der Waals surface area contributed by atoms with Crippen LogP contribution in [0.1, 0.15) is 24.4 Å². The van der Waals surface area contributed by atoms with E-state index >= 15 is 0 Å². The maximum Gasteiger partial charge on any atom is 0.316 e. The SMILES string of the molecule is O=C(O)C1CCC(c2ccc(Cl)cc2)NC1=O. The van der Waals surface area contributed by atoms with E-state index in [-0.39, 0.29) is 6.04 Å². The minimum Gasteiger partial charge on any atom is -0.481 e. The predicted molar refractivity (Wildman–Crippen MR) is 62.7 cm³/mol. The Morgan fingerprint density at radius 3 is 2.47 bits per heavy atom. The standard InChI is InChI=1S/C12H12ClNO3/c13-8-3-1-7(2-4-8)10-6-5-9(12(16)17)11(15)14-10/h1-4,9-10H,5-6H2,(H,14,15)(H,16,17). The van der Waals surface area contributed by atoms with E-state index in [1.807, 2.05) is 12.1 Å². The van der Waals surface area contributed by atoms with Gasteiger partial charge in [0.1, 0.15) is 5.92 Å². The van der Waals surface area contributed by atoms with Crippen molar-refractivity contribution < 1.29 is 14.7 Å². The van der Waals surface area contributed by atoms with Gasteiger partial charge in [-0.3, -0.25) is 9.59 Å². The number of nitrogens with one attached hydrogen (secondary N) is 1. The predicted octanol–water partition coefficient (Wildman–Crippen LogP) is 1.99. The Hall–Kier alpha value is -1.55. The normalized spacial score (nSPS) is 24.2. The van der Waals surface area contributed by atoms with E-state index < -0.39 is 17.8 Å². The summed E-state index contributed by atoms with van der Waals surface area (Å²) in [6, 6.07) is 7.08. The molecule has 2 unspecified atom stereocenters. The maximum absolute atomic E-state index is 11.6. The van der Waals surface area contributed by atoms with Gasteiger partial charge in [-0.25, -0.2) is 0 Å². The number of benzene rings is 1. The summed E-state index contributed by atoms with van der Waals surface area (Å²) < 4.78 is 0. The summed E-state index contributed by atoms with van der Waals surface area (Å²) >= 11 is 5.78. The third-order valence-electron chi connectivity index (χ3n) is 2.95. The quantitative estimate of drug-likeness (QED) is 0.792. The Labute approximate surface area is 104 Å². The summed E-state index contributed by atoms with van der Waals surface area (Å²) in [5.74, 6) is -2.39. The second kappa shape index (κ2) is 4.75. The highest BCUT2D eigenvalue weighted by atomic mass is 35.5.